The first-order chi connectivity index (χ1) is 12.0. The largest absolute Gasteiger partial charge is 0.338 e. The Hall–Kier alpha value is -2.18. The van der Waals surface area contributed by atoms with Crippen LogP contribution in [0.25, 0.3) is 0 Å². The van der Waals surface area contributed by atoms with Crippen molar-refractivity contribution in [2.45, 2.75) is 19.5 Å². The number of likely N-dealkylation sites (N-methyl/N-ethyl adjacent to an activating group) is 1. The Bertz CT molecular complexity index is 722. The Morgan fingerprint density at radius 2 is 1.72 bits per heavy atom. The van der Waals surface area contributed by atoms with Gasteiger partial charge in [0.2, 0.25) is 5.91 Å². The number of halogens is 1. The first-order valence-corrected chi connectivity index (χ1v) is 8.89. The summed E-state index contributed by atoms with van der Waals surface area (Å²) in [5.41, 5.74) is 1.90. The second-order valence-electron chi connectivity index (χ2n) is 5.67. The SMILES string of the molecule is CCNC(=O)NC(=O)C(c1ccccc1)N(C)Cc1ccccc1Br. The fourth-order valence-electron chi connectivity index (χ4n) is 2.61. The summed E-state index contributed by atoms with van der Waals surface area (Å²) < 4.78 is 0.984. The van der Waals surface area contributed by atoms with Crippen molar-refractivity contribution in [2.75, 3.05) is 13.6 Å². The van der Waals surface area contributed by atoms with E-state index in [1.54, 1.807) is 6.92 Å². The Labute approximate surface area is 156 Å². The summed E-state index contributed by atoms with van der Waals surface area (Å²) in [4.78, 5) is 26.4. The maximum atomic E-state index is 12.7. The number of nitrogens with zero attached hydrogens (tertiary/aromatic N) is 1. The summed E-state index contributed by atoms with van der Waals surface area (Å²) in [6.07, 6.45) is 0. The topological polar surface area (TPSA) is 61.4 Å². The monoisotopic (exact) mass is 403 g/mol. The number of hydrogen-bond acceptors (Lipinski definition) is 3. The molecule has 6 heteroatoms. The van der Waals surface area contributed by atoms with Crippen molar-refractivity contribution in [3.63, 3.8) is 0 Å². The summed E-state index contributed by atoms with van der Waals surface area (Å²) >= 11 is 3.54. The van der Waals surface area contributed by atoms with Gasteiger partial charge in [0.25, 0.3) is 0 Å². The van der Waals surface area contributed by atoms with E-state index in [2.05, 4.69) is 26.6 Å². The molecule has 0 spiro atoms. The van der Waals surface area contributed by atoms with Crippen LogP contribution in [-0.2, 0) is 11.3 Å². The Balaban J connectivity index is 2.23. The number of amides is 3. The minimum atomic E-state index is -0.573. The lowest BCUT2D eigenvalue weighted by molar-refractivity contribution is -0.125. The minimum absolute atomic E-state index is 0.355. The molecular formula is C19H22BrN3O2. The number of nitrogens with one attached hydrogen (secondary N) is 2. The predicted molar refractivity (Wildman–Crippen MR) is 102 cm³/mol. The van der Waals surface area contributed by atoms with Crippen LogP contribution in [0.15, 0.2) is 59.1 Å². The summed E-state index contributed by atoms with van der Waals surface area (Å²) in [7, 11) is 1.87. The molecule has 0 saturated carbocycles. The Kier molecular flexibility index (Phi) is 7.16. The molecule has 132 valence electrons. The van der Waals surface area contributed by atoms with Gasteiger partial charge in [-0.25, -0.2) is 4.79 Å². The van der Waals surface area contributed by atoms with Crippen molar-refractivity contribution in [3.05, 3.63) is 70.2 Å². The first kappa shape index (κ1) is 19.1. The Morgan fingerprint density at radius 1 is 1.08 bits per heavy atom. The van der Waals surface area contributed by atoms with E-state index in [-0.39, 0.29) is 5.91 Å². The van der Waals surface area contributed by atoms with Crippen LogP contribution in [-0.4, -0.2) is 30.4 Å². The molecule has 5 nitrogen and oxygen atoms in total. The van der Waals surface area contributed by atoms with Gasteiger partial charge in [-0.2, -0.15) is 0 Å². The fourth-order valence-corrected chi connectivity index (χ4v) is 3.02. The van der Waals surface area contributed by atoms with Gasteiger partial charge in [-0.15, -0.1) is 0 Å². The molecule has 0 heterocycles. The highest BCUT2D eigenvalue weighted by Gasteiger charge is 2.26. The number of urea groups is 1. The van der Waals surface area contributed by atoms with Crippen LogP contribution >= 0.6 is 15.9 Å². The summed E-state index contributed by atoms with van der Waals surface area (Å²) in [5.74, 6) is -0.355. The number of hydrogen-bond donors (Lipinski definition) is 2. The third-order valence-corrected chi connectivity index (χ3v) is 4.53. The number of carbonyl (C=O) groups excluding carboxylic acids is 2. The first-order valence-electron chi connectivity index (χ1n) is 8.10. The lowest BCUT2D eigenvalue weighted by atomic mass is 10.0. The maximum absolute atomic E-state index is 12.7. The quantitative estimate of drug-likeness (QED) is 0.775. The van der Waals surface area contributed by atoms with Gasteiger partial charge in [0, 0.05) is 17.6 Å². The van der Waals surface area contributed by atoms with Gasteiger partial charge in [-0.3, -0.25) is 15.0 Å². The number of rotatable bonds is 6. The molecule has 0 saturated heterocycles. The van der Waals surface area contributed by atoms with Crippen molar-refractivity contribution in [3.8, 4) is 0 Å². The average molecular weight is 404 g/mol. The molecule has 0 aliphatic carbocycles. The molecule has 2 N–H and O–H groups in total. The molecule has 2 aromatic rings. The molecule has 1 unspecified atom stereocenters. The standard InChI is InChI=1S/C19H22BrN3O2/c1-3-21-19(25)22-18(24)17(14-9-5-4-6-10-14)23(2)13-15-11-7-8-12-16(15)20/h4-12,17H,3,13H2,1-2H3,(H2,21,22,24,25). The van der Waals surface area contributed by atoms with Crippen LogP contribution in [0.3, 0.4) is 0 Å². The summed E-state index contributed by atoms with van der Waals surface area (Å²) in [5, 5.41) is 5.00. The van der Waals surface area contributed by atoms with Crippen LogP contribution < -0.4 is 10.6 Å². The zero-order valence-electron chi connectivity index (χ0n) is 14.3. The van der Waals surface area contributed by atoms with Gasteiger partial charge in [0.1, 0.15) is 6.04 Å². The van der Waals surface area contributed by atoms with Crippen molar-refractivity contribution < 1.29 is 9.59 Å². The van der Waals surface area contributed by atoms with Gasteiger partial charge in [-0.05, 0) is 31.2 Å². The lowest BCUT2D eigenvalue weighted by Crippen LogP contribution is -2.45. The number of imide groups is 1. The molecule has 0 aromatic heterocycles. The van der Waals surface area contributed by atoms with Crippen LogP contribution in [0, 0.1) is 0 Å². The molecule has 0 radical (unpaired) electrons. The normalized spacial score (nSPS) is 11.8. The molecule has 0 fully saturated rings. The van der Waals surface area contributed by atoms with Gasteiger partial charge in [-0.1, -0.05) is 64.5 Å². The third kappa shape index (κ3) is 5.41. The van der Waals surface area contributed by atoms with Crippen LogP contribution in [0.5, 0.6) is 0 Å². The molecule has 2 aromatic carbocycles. The van der Waals surface area contributed by atoms with Crippen LogP contribution in [0.1, 0.15) is 24.1 Å². The summed E-state index contributed by atoms with van der Waals surface area (Å²) in [6, 6.07) is 16.3. The van der Waals surface area contributed by atoms with E-state index in [1.807, 2.05) is 66.5 Å². The van der Waals surface area contributed by atoms with Crippen LogP contribution in [0.4, 0.5) is 4.79 Å². The molecule has 1 atom stereocenters. The van der Waals surface area contributed by atoms with Crippen molar-refractivity contribution in [2.24, 2.45) is 0 Å². The molecule has 0 bridgehead atoms. The highest BCUT2D eigenvalue weighted by Crippen LogP contribution is 2.24. The number of benzene rings is 2. The van der Waals surface area contributed by atoms with E-state index in [9.17, 15) is 9.59 Å². The van der Waals surface area contributed by atoms with Crippen LogP contribution in [0.2, 0.25) is 0 Å². The highest BCUT2D eigenvalue weighted by molar-refractivity contribution is 9.10. The smallest absolute Gasteiger partial charge is 0.321 e. The molecule has 0 aliphatic rings. The number of carbonyl (C=O) groups is 2. The zero-order valence-corrected chi connectivity index (χ0v) is 15.9. The molecular weight excluding hydrogens is 382 g/mol. The van der Waals surface area contributed by atoms with Gasteiger partial charge in [0.15, 0.2) is 0 Å². The summed E-state index contributed by atoms with van der Waals surface area (Å²) in [6.45, 7) is 2.82. The van der Waals surface area contributed by atoms with Crippen molar-refractivity contribution >= 4 is 27.9 Å². The van der Waals surface area contributed by atoms with Gasteiger partial charge < -0.3 is 5.32 Å². The highest BCUT2D eigenvalue weighted by atomic mass is 79.9. The van der Waals surface area contributed by atoms with E-state index in [0.29, 0.717) is 13.1 Å². The molecule has 25 heavy (non-hydrogen) atoms. The van der Waals surface area contributed by atoms with E-state index >= 15 is 0 Å². The lowest BCUT2D eigenvalue weighted by Gasteiger charge is -2.27. The predicted octanol–water partition coefficient (Wildman–Crippen LogP) is 3.47. The zero-order chi connectivity index (χ0) is 18.2. The van der Waals surface area contributed by atoms with Gasteiger partial charge in [0.05, 0.1) is 0 Å². The third-order valence-electron chi connectivity index (χ3n) is 3.76. The Morgan fingerprint density at radius 3 is 2.36 bits per heavy atom. The van der Waals surface area contributed by atoms with E-state index < -0.39 is 12.1 Å². The maximum Gasteiger partial charge on any atom is 0.321 e. The molecule has 2 rings (SSSR count). The fraction of sp³-hybridized carbons (Fsp3) is 0.263. The second kappa shape index (κ2) is 9.34. The van der Waals surface area contributed by atoms with E-state index in [4.69, 9.17) is 0 Å². The molecule has 0 aliphatic heterocycles. The van der Waals surface area contributed by atoms with Gasteiger partial charge >= 0.3 is 6.03 Å². The minimum Gasteiger partial charge on any atom is -0.338 e. The van der Waals surface area contributed by atoms with Crippen molar-refractivity contribution in [1.82, 2.24) is 15.5 Å². The van der Waals surface area contributed by atoms with Crippen molar-refractivity contribution in [1.29, 1.82) is 0 Å². The van der Waals surface area contributed by atoms with E-state index in [0.717, 1.165) is 15.6 Å². The second-order valence-corrected chi connectivity index (χ2v) is 6.52. The molecule has 3 amide bonds. The average Bonchev–Trinajstić information content (AvgIpc) is 2.58. The van der Waals surface area contributed by atoms with E-state index in [1.165, 1.54) is 0 Å².